The predicted octanol–water partition coefficient (Wildman–Crippen LogP) is 0.909. The SMILES string of the molecule is O=c1[nH]c(=O)n(CCCNCC=CCNCCCn2c(=O)[nH]c3ccccc3c2=O)c2ccccc12. The van der Waals surface area contributed by atoms with Crippen LogP contribution in [-0.2, 0) is 13.1 Å². The molecule has 0 fully saturated rings. The summed E-state index contributed by atoms with van der Waals surface area (Å²) in [6, 6.07) is 14.1. The Kier molecular flexibility index (Phi) is 8.43. The number of aromatic amines is 2. The number of para-hydroxylation sites is 2. The second-order valence-electron chi connectivity index (χ2n) is 8.45. The zero-order chi connectivity index (χ0) is 25.3. The molecule has 4 rings (SSSR count). The fourth-order valence-corrected chi connectivity index (χ4v) is 4.13. The van der Waals surface area contributed by atoms with Crippen LogP contribution in [0.15, 0.2) is 79.9 Å². The van der Waals surface area contributed by atoms with Gasteiger partial charge in [-0.25, -0.2) is 9.59 Å². The number of fused-ring (bicyclic) bond motifs is 2. The van der Waals surface area contributed by atoms with Gasteiger partial charge in [0.2, 0.25) is 0 Å². The van der Waals surface area contributed by atoms with E-state index in [-0.39, 0.29) is 22.5 Å². The van der Waals surface area contributed by atoms with Crippen molar-refractivity contribution in [2.24, 2.45) is 0 Å². The van der Waals surface area contributed by atoms with E-state index in [0.717, 1.165) is 13.0 Å². The molecule has 4 aromatic rings. The zero-order valence-corrected chi connectivity index (χ0v) is 20.0. The molecule has 0 atom stereocenters. The number of benzene rings is 2. The Morgan fingerprint density at radius 3 is 2.00 bits per heavy atom. The summed E-state index contributed by atoms with van der Waals surface area (Å²) in [5.74, 6) is 0. The van der Waals surface area contributed by atoms with Crippen LogP contribution >= 0.6 is 0 Å². The summed E-state index contributed by atoms with van der Waals surface area (Å²) in [6.45, 7) is 3.65. The molecule has 0 saturated carbocycles. The molecule has 2 aromatic heterocycles. The van der Waals surface area contributed by atoms with Gasteiger partial charge in [0.05, 0.1) is 21.8 Å². The number of aryl methyl sites for hydroxylation is 1. The van der Waals surface area contributed by atoms with Gasteiger partial charge in [-0.1, -0.05) is 36.4 Å². The summed E-state index contributed by atoms with van der Waals surface area (Å²) in [4.78, 5) is 53.9. The largest absolute Gasteiger partial charge is 0.328 e. The van der Waals surface area contributed by atoms with Crippen molar-refractivity contribution in [3.05, 3.63) is 102 Å². The number of nitrogens with zero attached hydrogens (tertiary/aromatic N) is 2. The third-order valence-electron chi connectivity index (χ3n) is 5.96. The van der Waals surface area contributed by atoms with E-state index in [1.807, 2.05) is 18.2 Å². The number of hydrogen-bond donors (Lipinski definition) is 4. The highest BCUT2D eigenvalue weighted by Gasteiger charge is 2.07. The van der Waals surface area contributed by atoms with Crippen molar-refractivity contribution in [1.29, 1.82) is 0 Å². The lowest BCUT2D eigenvalue weighted by atomic mass is 10.2. The first-order valence-corrected chi connectivity index (χ1v) is 12.1. The van der Waals surface area contributed by atoms with E-state index < -0.39 is 0 Å². The molecule has 4 N–H and O–H groups in total. The Bertz CT molecular complexity index is 1590. The lowest BCUT2D eigenvalue weighted by Crippen LogP contribution is -2.35. The molecule has 0 bridgehead atoms. The van der Waals surface area contributed by atoms with Crippen molar-refractivity contribution in [1.82, 2.24) is 29.7 Å². The average molecular weight is 491 g/mol. The molecule has 2 heterocycles. The molecule has 10 nitrogen and oxygen atoms in total. The number of aromatic nitrogens is 4. The van der Waals surface area contributed by atoms with Gasteiger partial charge in [0.1, 0.15) is 0 Å². The molecule has 0 saturated heterocycles. The fraction of sp³-hybridized carbons (Fsp3) is 0.308. The summed E-state index contributed by atoms with van der Waals surface area (Å²) in [5, 5.41) is 7.61. The molecule has 0 radical (unpaired) electrons. The Balaban J connectivity index is 1.12. The Morgan fingerprint density at radius 2 is 1.28 bits per heavy atom. The van der Waals surface area contributed by atoms with Crippen LogP contribution in [0.2, 0.25) is 0 Å². The number of rotatable bonds is 12. The molecular weight excluding hydrogens is 460 g/mol. The van der Waals surface area contributed by atoms with Gasteiger partial charge in [0.25, 0.3) is 11.1 Å². The number of H-pyrrole nitrogens is 2. The molecule has 0 aliphatic heterocycles. The third-order valence-corrected chi connectivity index (χ3v) is 5.96. The van der Waals surface area contributed by atoms with Crippen LogP contribution in [0.4, 0.5) is 0 Å². The molecule has 0 aliphatic carbocycles. The van der Waals surface area contributed by atoms with E-state index in [0.29, 0.717) is 61.0 Å². The van der Waals surface area contributed by atoms with E-state index in [2.05, 4.69) is 20.6 Å². The van der Waals surface area contributed by atoms with E-state index >= 15 is 0 Å². The Labute approximate surface area is 206 Å². The first-order valence-electron chi connectivity index (χ1n) is 12.1. The van der Waals surface area contributed by atoms with Crippen molar-refractivity contribution in [3.8, 4) is 0 Å². The summed E-state index contributed by atoms with van der Waals surface area (Å²) in [5.41, 5.74) is -0.200. The minimum atomic E-state index is -0.389. The first-order chi connectivity index (χ1) is 17.6. The van der Waals surface area contributed by atoms with Crippen LogP contribution in [0.1, 0.15) is 12.8 Å². The Morgan fingerprint density at radius 1 is 0.694 bits per heavy atom. The van der Waals surface area contributed by atoms with Crippen LogP contribution in [0.25, 0.3) is 21.8 Å². The summed E-state index contributed by atoms with van der Waals surface area (Å²) < 4.78 is 2.84. The van der Waals surface area contributed by atoms with Gasteiger partial charge in [-0.05, 0) is 50.2 Å². The predicted molar refractivity (Wildman–Crippen MR) is 142 cm³/mol. The molecule has 0 unspecified atom stereocenters. The van der Waals surface area contributed by atoms with Gasteiger partial charge in [-0.15, -0.1) is 0 Å². The summed E-state index contributed by atoms with van der Waals surface area (Å²) in [7, 11) is 0. The second-order valence-corrected chi connectivity index (χ2v) is 8.45. The van der Waals surface area contributed by atoms with Gasteiger partial charge < -0.3 is 15.6 Å². The van der Waals surface area contributed by atoms with Crippen LogP contribution in [0, 0.1) is 0 Å². The summed E-state index contributed by atoms with van der Waals surface area (Å²) >= 11 is 0. The number of hydrogen-bond acceptors (Lipinski definition) is 6. The fourth-order valence-electron chi connectivity index (χ4n) is 4.13. The first kappa shape index (κ1) is 25.1. The normalized spacial score (nSPS) is 11.7. The molecule has 0 amide bonds. The van der Waals surface area contributed by atoms with Gasteiger partial charge >= 0.3 is 11.4 Å². The maximum Gasteiger partial charge on any atom is 0.328 e. The van der Waals surface area contributed by atoms with E-state index in [9.17, 15) is 19.2 Å². The smallest absolute Gasteiger partial charge is 0.313 e. The quantitative estimate of drug-likeness (QED) is 0.172. The molecule has 188 valence electrons. The van der Waals surface area contributed by atoms with Crippen molar-refractivity contribution >= 4 is 21.8 Å². The van der Waals surface area contributed by atoms with E-state index in [1.165, 1.54) is 4.57 Å². The van der Waals surface area contributed by atoms with Gasteiger partial charge in [-0.2, -0.15) is 0 Å². The zero-order valence-electron chi connectivity index (χ0n) is 20.0. The van der Waals surface area contributed by atoms with E-state index in [4.69, 9.17) is 0 Å². The van der Waals surface area contributed by atoms with Crippen LogP contribution < -0.4 is 33.1 Å². The van der Waals surface area contributed by atoms with Crippen molar-refractivity contribution in [3.63, 3.8) is 0 Å². The minimum Gasteiger partial charge on any atom is -0.313 e. The van der Waals surface area contributed by atoms with Crippen LogP contribution in [-0.4, -0.2) is 45.3 Å². The maximum atomic E-state index is 12.5. The highest BCUT2D eigenvalue weighted by Crippen LogP contribution is 2.07. The Hall–Kier alpha value is -4.02. The molecule has 10 heteroatoms. The molecule has 0 aliphatic rings. The van der Waals surface area contributed by atoms with Crippen LogP contribution in [0.3, 0.4) is 0 Å². The highest BCUT2D eigenvalue weighted by molar-refractivity contribution is 5.78. The molecule has 0 spiro atoms. The van der Waals surface area contributed by atoms with Crippen LogP contribution in [0.5, 0.6) is 0 Å². The lowest BCUT2D eigenvalue weighted by molar-refractivity contribution is 0.569. The third kappa shape index (κ3) is 5.96. The van der Waals surface area contributed by atoms with Crippen molar-refractivity contribution < 1.29 is 0 Å². The van der Waals surface area contributed by atoms with Gasteiger partial charge in [0, 0.05) is 26.2 Å². The molecule has 36 heavy (non-hydrogen) atoms. The monoisotopic (exact) mass is 490 g/mol. The molecule has 2 aromatic carbocycles. The second kappa shape index (κ2) is 12.1. The lowest BCUT2D eigenvalue weighted by Gasteiger charge is -2.09. The maximum absolute atomic E-state index is 12.5. The summed E-state index contributed by atoms with van der Waals surface area (Å²) in [6.07, 6.45) is 5.44. The topological polar surface area (TPSA) is 134 Å². The molecular formula is C26H30N6O4. The average Bonchev–Trinajstić information content (AvgIpc) is 2.88. The van der Waals surface area contributed by atoms with Gasteiger partial charge in [0.15, 0.2) is 0 Å². The number of nitrogens with one attached hydrogen (secondary N) is 4. The standard InChI is InChI=1S/C26H30N6O4/c33-23-20-10-2-4-12-22(20)31(26(36)30-23)17-7-15-27-13-5-6-14-28-16-8-18-32-24(34)19-9-1-3-11-21(19)29-25(32)35/h1-6,9-12,27-28H,7-8,13-18H2,(H,29,35)(H,30,33,36). The van der Waals surface area contributed by atoms with Crippen molar-refractivity contribution in [2.75, 3.05) is 26.2 Å². The van der Waals surface area contributed by atoms with Crippen molar-refractivity contribution in [2.45, 2.75) is 25.9 Å². The highest BCUT2D eigenvalue weighted by atomic mass is 16.2. The van der Waals surface area contributed by atoms with Gasteiger partial charge in [-0.3, -0.25) is 23.7 Å². The van der Waals surface area contributed by atoms with E-state index in [1.54, 1.807) is 47.0 Å². The minimum absolute atomic E-state index is 0.265.